The molecule has 1 saturated carbocycles. The van der Waals surface area contributed by atoms with Crippen molar-refractivity contribution in [1.29, 1.82) is 0 Å². The first kappa shape index (κ1) is 29.0. The van der Waals surface area contributed by atoms with Crippen LogP contribution in [0.15, 0.2) is 66.9 Å². The van der Waals surface area contributed by atoms with E-state index in [1.807, 2.05) is 49.6 Å². The van der Waals surface area contributed by atoms with Gasteiger partial charge in [0.1, 0.15) is 5.54 Å². The van der Waals surface area contributed by atoms with Gasteiger partial charge in [-0.2, -0.15) is 0 Å². The summed E-state index contributed by atoms with van der Waals surface area (Å²) in [5.41, 5.74) is 5.05. The predicted octanol–water partition coefficient (Wildman–Crippen LogP) is 6.45. The van der Waals surface area contributed by atoms with Crippen LogP contribution in [-0.2, 0) is 23.1 Å². The number of carbonyl (C=O) groups is 3. The highest BCUT2D eigenvalue weighted by Gasteiger charge is 2.31. The number of hydrogen-bond acceptors (Lipinski definition) is 4. The van der Waals surface area contributed by atoms with Gasteiger partial charge in [0, 0.05) is 41.8 Å². The highest BCUT2D eigenvalue weighted by atomic mass is 16.4. The molecule has 4 aromatic rings. The summed E-state index contributed by atoms with van der Waals surface area (Å²) >= 11 is 0. The zero-order valence-corrected chi connectivity index (χ0v) is 24.4. The summed E-state index contributed by atoms with van der Waals surface area (Å²) < 4.78 is 2.15. The van der Waals surface area contributed by atoms with E-state index < -0.39 is 11.5 Å². The Kier molecular flexibility index (Phi) is 8.43. The average Bonchev–Trinajstić information content (AvgIpc) is 3.28. The van der Waals surface area contributed by atoms with Gasteiger partial charge in [-0.05, 0) is 86.6 Å². The number of aromatic nitrogens is 2. The number of carboxylic acid groups (broad SMARTS) is 1. The molecule has 3 N–H and O–H groups in total. The van der Waals surface area contributed by atoms with Crippen LogP contribution in [0.4, 0.5) is 5.69 Å². The summed E-state index contributed by atoms with van der Waals surface area (Å²) in [6.07, 6.45) is 8.28. The number of anilines is 1. The van der Waals surface area contributed by atoms with Gasteiger partial charge in [-0.15, -0.1) is 0 Å². The number of nitrogens with zero attached hydrogens (tertiary/aromatic N) is 2. The maximum Gasteiger partial charge on any atom is 0.303 e. The molecule has 1 aliphatic carbocycles. The van der Waals surface area contributed by atoms with Crippen molar-refractivity contribution in [3.05, 3.63) is 83.6 Å². The fourth-order valence-electron chi connectivity index (χ4n) is 5.93. The molecule has 0 spiro atoms. The van der Waals surface area contributed by atoms with Crippen LogP contribution in [0.2, 0.25) is 0 Å². The fourth-order valence-corrected chi connectivity index (χ4v) is 5.93. The SMILES string of the molecule is Cn1c(-c2ccccn2)c(C2CCCCC2)c2ccc(C(=O)NC(C)(C)C(=O)Nc3ccc(CCC(=O)O)cc3)cc21. The molecule has 1 fully saturated rings. The van der Waals surface area contributed by atoms with Gasteiger partial charge in [0.2, 0.25) is 5.91 Å². The standard InChI is InChI=1S/C34H38N4O4/c1-34(2,33(42)36-25-16-12-22(13-17-25)14-19-29(39)40)37-32(41)24-15-18-26-28(21-24)38(3)31(27-11-7-8-20-35-27)30(26)23-9-5-4-6-10-23/h7-8,11-13,15-18,20-21,23H,4-6,9-10,14,19H2,1-3H3,(H,36,42)(H,37,41)(H,39,40). The number of nitrogens with one attached hydrogen (secondary N) is 2. The van der Waals surface area contributed by atoms with Crippen molar-refractivity contribution >= 4 is 34.4 Å². The Morgan fingerprint density at radius 2 is 1.74 bits per heavy atom. The molecule has 8 nitrogen and oxygen atoms in total. The van der Waals surface area contributed by atoms with Crippen LogP contribution >= 0.6 is 0 Å². The van der Waals surface area contributed by atoms with Crippen LogP contribution in [-0.4, -0.2) is 38.0 Å². The Balaban J connectivity index is 1.37. The first-order valence-electron chi connectivity index (χ1n) is 14.6. The molecule has 42 heavy (non-hydrogen) atoms. The van der Waals surface area contributed by atoms with Crippen LogP contribution < -0.4 is 10.6 Å². The lowest BCUT2D eigenvalue weighted by Gasteiger charge is -2.25. The van der Waals surface area contributed by atoms with E-state index in [9.17, 15) is 14.4 Å². The third-order valence-corrected chi connectivity index (χ3v) is 8.26. The average molecular weight is 567 g/mol. The fraction of sp³-hybridized carbons (Fsp3) is 0.353. The minimum absolute atomic E-state index is 0.0473. The van der Waals surface area contributed by atoms with Crippen LogP contribution in [0.5, 0.6) is 0 Å². The minimum atomic E-state index is -1.19. The van der Waals surface area contributed by atoms with Crippen molar-refractivity contribution in [2.24, 2.45) is 7.05 Å². The van der Waals surface area contributed by atoms with Crippen molar-refractivity contribution < 1.29 is 19.5 Å². The van der Waals surface area contributed by atoms with Crippen LogP contribution in [0.1, 0.15) is 79.8 Å². The molecule has 0 bridgehead atoms. The molecular weight excluding hydrogens is 528 g/mol. The first-order valence-corrected chi connectivity index (χ1v) is 14.6. The van der Waals surface area contributed by atoms with Gasteiger partial charge in [-0.1, -0.05) is 43.5 Å². The maximum absolute atomic E-state index is 13.4. The summed E-state index contributed by atoms with van der Waals surface area (Å²) in [6, 6.07) is 18.8. The molecule has 0 aliphatic heterocycles. The third kappa shape index (κ3) is 6.22. The van der Waals surface area contributed by atoms with Crippen molar-refractivity contribution in [2.45, 2.75) is 70.3 Å². The van der Waals surface area contributed by atoms with Crippen molar-refractivity contribution in [1.82, 2.24) is 14.9 Å². The Morgan fingerprint density at radius 1 is 1.00 bits per heavy atom. The summed E-state index contributed by atoms with van der Waals surface area (Å²) in [7, 11) is 2.03. The molecule has 0 saturated heterocycles. The highest BCUT2D eigenvalue weighted by molar-refractivity contribution is 6.05. The number of rotatable bonds is 9. The van der Waals surface area contributed by atoms with Gasteiger partial charge in [-0.3, -0.25) is 19.4 Å². The van der Waals surface area contributed by atoms with E-state index in [1.165, 1.54) is 24.8 Å². The van der Waals surface area contributed by atoms with E-state index >= 15 is 0 Å². The number of hydrogen-bond donors (Lipinski definition) is 3. The van der Waals surface area contributed by atoms with E-state index in [-0.39, 0.29) is 18.2 Å². The lowest BCUT2D eigenvalue weighted by Crippen LogP contribution is -2.52. The molecule has 0 unspecified atom stereocenters. The van der Waals surface area contributed by atoms with Gasteiger partial charge < -0.3 is 20.3 Å². The number of fused-ring (bicyclic) bond motifs is 1. The van der Waals surface area contributed by atoms with E-state index in [2.05, 4.69) is 20.2 Å². The largest absolute Gasteiger partial charge is 0.481 e. The van der Waals surface area contributed by atoms with Crippen molar-refractivity contribution in [3.8, 4) is 11.4 Å². The summed E-state index contributed by atoms with van der Waals surface area (Å²) in [5.74, 6) is -1.09. The number of carboxylic acids is 1. The second-order valence-corrected chi connectivity index (χ2v) is 11.7. The van der Waals surface area contributed by atoms with E-state index in [4.69, 9.17) is 5.11 Å². The highest BCUT2D eigenvalue weighted by Crippen LogP contribution is 2.43. The lowest BCUT2D eigenvalue weighted by molar-refractivity contribution is -0.137. The number of carbonyl (C=O) groups excluding carboxylic acids is 2. The third-order valence-electron chi connectivity index (χ3n) is 8.26. The van der Waals surface area contributed by atoms with Gasteiger partial charge >= 0.3 is 5.97 Å². The number of amides is 2. The smallest absolute Gasteiger partial charge is 0.303 e. The van der Waals surface area contributed by atoms with E-state index in [0.29, 0.717) is 23.6 Å². The van der Waals surface area contributed by atoms with Gasteiger partial charge in [-0.25, -0.2) is 0 Å². The summed E-state index contributed by atoms with van der Waals surface area (Å²) in [6.45, 7) is 3.34. The van der Waals surface area contributed by atoms with Crippen molar-refractivity contribution in [3.63, 3.8) is 0 Å². The second kappa shape index (κ2) is 12.2. The molecule has 2 heterocycles. The Labute approximate surface area is 246 Å². The van der Waals surface area contributed by atoms with E-state index in [0.717, 1.165) is 40.7 Å². The van der Waals surface area contributed by atoms with Gasteiger partial charge in [0.05, 0.1) is 11.4 Å². The quantitative estimate of drug-likeness (QED) is 0.215. The van der Waals surface area contributed by atoms with Crippen LogP contribution in [0.3, 0.4) is 0 Å². The zero-order chi connectivity index (χ0) is 29.9. The second-order valence-electron chi connectivity index (χ2n) is 11.7. The van der Waals surface area contributed by atoms with Crippen LogP contribution in [0.25, 0.3) is 22.3 Å². The van der Waals surface area contributed by atoms with Gasteiger partial charge in [0.15, 0.2) is 0 Å². The molecular formula is C34H38N4O4. The van der Waals surface area contributed by atoms with Crippen LogP contribution in [0, 0.1) is 0 Å². The molecule has 218 valence electrons. The number of benzene rings is 2. The predicted molar refractivity (Wildman–Crippen MR) is 165 cm³/mol. The lowest BCUT2D eigenvalue weighted by atomic mass is 9.82. The molecule has 0 radical (unpaired) electrons. The zero-order valence-electron chi connectivity index (χ0n) is 24.4. The summed E-state index contributed by atoms with van der Waals surface area (Å²) in [4.78, 5) is 42.1. The molecule has 2 aromatic carbocycles. The molecule has 1 aliphatic rings. The number of aryl methyl sites for hydroxylation is 2. The minimum Gasteiger partial charge on any atom is -0.481 e. The topological polar surface area (TPSA) is 113 Å². The Bertz CT molecular complexity index is 1600. The van der Waals surface area contributed by atoms with E-state index in [1.54, 1.807) is 38.1 Å². The number of aliphatic carboxylic acids is 1. The van der Waals surface area contributed by atoms with Crippen molar-refractivity contribution in [2.75, 3.05) is 5.32 Å². The molecule has 5 rings (SSSR count). The number of pyridine rings is 1. The normalized spacial score (nSPS) is 14.1. The first-order chi connectivity index (χ1) is 20.1. The molecule has 2 aromatic heterocycles. The molecule has 2 amide bonds. The molecule has 0 atom stereocenters. The Morgan fingerprint density at radius 3 is 2.40 bits per heavy atom. The molecule has 8 heteroatoms. The summed E-state index contributed by atoms with van der Waals surface area (Å²) in [5, 5.41) is 15.8. The van der Waals surface area contributed by atoms with Gasteiger partial charge in [0.25, 0.3) is 5.91 Å². The monoisotopic (exact) mass is 566 g/mol. The Hall–Kier alpha value is -4.46. The maximum atomic E-state index is 13.4.